The zero-order chi connectivity index (χ0) is 21.9. The van der Waals surface area contributed by atoms with Crippen LogP contribution in [-0.2, 0) is 10.0 Å². The van der Waals surface area contributed by atoms with Crippen molar-refractivity contribution < 1.29 is 13.2 Å². The van der Waals surface area contributed by atoms with E-state index in [1.807, 2.05) is 13.8 Å². The minimum atomic E-state index is -3.72. The van der Waals surface area contributed by atoms with E-state index in [-0.39, 0.29) is 16.8 Å². The smallest absolute Gasteiger partial charge is 0.261 e. The van der Waals surface area contributed by atoms with Crippen LogP contribution < -0.4 is 10.0 Å². The van der Waals surface area contributed by atoms with Gasteiger partial charge < -0.3 is 5.32 Å². The lowest BCUT2D eigenvalue weighted by Crippen LogP contribution is -2.27. The average molecular weight is 423 g/mol. The first-order chi connectivity index (χ1) is 14.2. The Bertz CT molecular complexity index is 1170. The maximum atomic E-state index is 12.8. The summed E-state index contributed by atoms with van der Waals surface area (Å²) in [4.78, 5) is 13.0. The average Bonchev–Trinajstić information content (AvgIpc) is 2.71. The largest absolute Gasteiger partial charge is 0.346 e. The fraction of sp³-hybridized carbons (Fsp3) is 0.208. The van der Waals surface area contributed by atoms with Gasteiger partial charge in [0, 0.05) is 11.3 Å². The molecule has 3 aromatic rings. The number of hydrogen-bond acceptors (Lipinski definition) is 3. The molecule has 1 unspecified atom stereocenters. The maximum absolute atomic E-state index is 12.8. The van der Waals surface area contributed by atoms with Crippen molar-refractivity contribution in [3.63, 3.8) is 0 Å². The van der Waals surface area contributed by atoms with E-state index in [0.29, 0.717) is 11.3 Å². The highest BCUT2D eigenvalue weighted by atomic mass is 32.2. The van der Waals surface area contributed by atoms with Gasteiger partial charge in [-0.05, 0) is 80.3 Å². The summed E-state index contributed by atoms with van der Waals surface area (Å²) in [7, 11) is -3.72. The normalized spacial score (nSPS) is 12.3. The summed E-state index contributed by atoms with van der Waals surface area (Å²) in [6, 6.07) is 18.6. The molecule has 3 aromatic carbocycles. The molecule has 1 atom stereocenters. The molecule has 6 heteroatoms. The number of sulfonamides is 1. The van der Waals surface area contributed by atoms with Gasteiger partial charge in [-0.25, -0.2) is 8.42 Å². The minimum absolute atomic E-state index is 0.165. The Morgan fingerprint density at radius 2 is 1.50 bits per heavy atom. The van der Waals surface area contributed by atoms with Gasteiger partial charge in [-0.3, -0.25) is 9.52 Å². The van der Waals surface area contributed by atoms with Crippen LogP contribution in [-0.4, -0.2) is 14.3 Å². The van der Waals surface area contributed by atoms with E-state index in [1.54, 1.807) is 36.4 Å². The van der Waals surface area contributed by atoms with Gasteiger partial charge in [0.15, 0.2) is 0 Å². The van der Waals surface area contributed by atoms with Gasteiger partial charge in [0.25, 0.3) is 15.9 Å². The van der Waals surface area contributed by atoms with Crippen LogP contribution in [0.2, 0.25) is 0 Å². The molecule has 30 heavy (non-hydrogen) atoms. The number of rotatable bonds is 6. The topological polar surface area (TPSA) is 75.3 Å². The Morgan fingerprint density at radius 1 is 0.833 bits per heavy atom. The molecule has 5 nitrogen and oxygen atoms in total. The molecule has 2 N–H and O–H groups in total. The molecule has 0 heterocycles. The third-order valence-corrected chi connectivity index (χ3v) is 6.52. The van der Waals surface area contributed by atoms with E-state index in [4.69, 9.17) is 0 Å². The van der Waals surface area contributed by atoms with Crippen LogP contribution >= 0.6 is 0 Å². The number of carbonyl (C=O) groups is 1. The molecule has 0 aliphatic carbocycles. The Hall–Kier alpha value is -3.12. The van der Waals surface area contributed by atoms with Gasteiger partial charge in [0.05, 0.1) is 10.9 Å². The summed E-state index contributed by atoms with van der Waals surface area (Å²) in [6.45, 7) is 8.09. The quantitative estimate of drug-likeness (QED) is 0.593. The standard InChI is InChI=1S/C24H26N2O3S/c1-16-13-18(3)23(14-17(16)2)19(4)25-24(27)20-9-8-10-21(15-20)26-30(28,29)22-11-6-5-7-12-22/h5-15,19,26H,1-4H3,(H,25,27). The van der Waals surface area contributed by atoms with Crippen molar-refractivity contribution in [1.82, 2.24) is 5.32 Å². The molecule has 0 fully saturated rings. The van der Waals surface area contributed by atoms with Crippen molar-refractivity contribution >= 4 is 21.6 Å². The van der Waals surface area contributed by atoms with Crippen LogP contribution in [0.1, 0.15) is 45.6 Å². The van der Waals surface area contributed by atoms with Crippen LogP contribution in [0.5, 0.6) is 0 Å². The van der Waals surface area contributed by atoms with Gasteiger partial charge in [-0.1, -0.05) is 36.4 Å². The number of aryl methyl sites for hydroxylation is 3. The minimum Gasteiger partial charge on any atom is -0.346 e. The summed E-state index contributed by atoms with van der Waals surface area (Å²) in [5, 5.41) is 3.01. The van der Waals surface area contributed by atoms with Gasteiger partial charge in [-0.2, -0.15) is 0 Å². The molecule has 0 bridgehead atoms. The fourth-order valence-electron chi connectivity index (χ4n) is 3.34. The molecular formula is C24H26N2O3S. The van der Waals surface area contributed by atoms with Gasteiger partial charge in [0.2, 0.25) is 0 Å². The molecule has 0 radical (unpaired) electrons. The predicted octanol–water partition coefficient (Wildman–Crippen LogP) is 4.90. The van der Waals surface area contributed by atoms with Crippen LogP contribution in [0.15, 0.2) is 71.6 Å². The zero-order valence-electron chi connectivity index (χ0n) is 17.6. The lowest BCUT2D eigenvalue weighted by molar-refractivity contribution is 0.0940. The highest BCUT2D eigenvalue weighted by Crippen LogP contribution is 2.23. The highest BCUT2D eigenvalue weighted by Gasteiger charge is 2.17. The monoisotopic (exact) mass is 422 g/mol. The van der Waals surface area contributed by atoms with E-state index < -0.39 is 10.0 Å². The highest BCUT2D eigenvalue weighted by molar-refractivity contribution is 7.92. The summed E-state index contributed by atoms with van der Waals surface area (Å²) >= 11 is 0. The molecule has 0 aliphatic heterocycles. The molecule has 0 aromatic heterocycles. The molecule has 3 rings (SSSR count). The summed E-state index contributed by atoms with van der Waals surface area (Å²) in [5.74, 6) is -0.263. The Labute approximate surface area is 178 Å². The molecule has 1 amide bonds. The van der Waals surface area contributed by atoms with Gasteiger partial charge in [-0.15, -0.1) is 0 Å². The summed E-state index contributed by atoms with van der Waals surface area (Å²) in [6.07, 6.45) is 0. The fourth-order valence-corrected chi connectivity index (χ4v) is 4.42. The third kappa shape index (κ3) is 4.89. The van der Waals surface area contributed by atoms with Crippen LogP contribution in [0.3, 0.4) is 0 Å². The molecule has 0 saturated heterocycles. The predicted molar refractivity (Wildman–Crippen MR) is 120 cm³/mol. The third-order valence-electron chi connectivity index (χ3n) is 5.13. The van der Waals surface area contributed by atoms with E-state index in [9.17, 15) is 13.2 Å². The van der Waals surface area contributed by atoms with Crippen LogP contribution in [0.25, 0.3) is 0 Å². The van der Waals surface area contributed by atoms with Crippen LogP contribution in [0, 0.1) is 20.8 Å². The number of benzene rings is 3. The molecule has 0 spiro atoms. The molecular weight excluding hydrogens is 396 g/mol. The van der Waals surface area contributed by atoms with Crippen molar-refractivity contribution in [2.24, 2.45) is 0 Å². The van der Waals surface area contributed by atoms with E-state index in [2.05, 4.69) is 36.0 Å². The van der Waals surface area contributed by atoms with Crippen molar-refractivity contribution in [3.8, 4) is 0 Å². The lowest BCUT2D eigenvalue weighted by atomic mass is 9.96. The molecule has 0 saturated carbocycles. The number of amides is 1. The van der Waals surface area contributed by atoms with E-state index in [1.165, 1.54) is 29.3 Å². The number of nitrogens with one attached hydrogen (secondary N) is 2. The second-order valence-corrected chi connectivity index (χ2v) is 9.17. The van der Waals surface area contributed by atoms with E-state index >= 15 is 0 Å². The van der Waals surface area contributed by atoms with Crippen molar-refractivity contribution in [3.05, 3.63) is 94.5 Å². The number of hydrogen-bond donors (Lipinski definition) is 2. The number of carbonyl (C=O) groups excluding carboxylic acids is 1. The SMILES string of the molecule is Cc1cc(C)c(C(C)NC(=O)c2cccc(NS(=O)(=O)c3ccccc3)c2)cc1C. The first-order valence-electron chi connectivity index (χ1n) is 9.74. The van der Waals surface area contributed by atoms with Crippen LogP contribution in [0.4, 0.5) is 5.69 Å². The Morgan fingerprint density at radius 3 is 2.20 bits per heavy atom. The van der Waals surface area contributed by atoms with Gasteiger partial charge in [0.1, 0.15) is 0 Å². The van der Waals surface area contributed by atoms with Crippen molar-refractivity contribution in [1.29, 1.82) is 0 Å². The van der Waals surface area contributed by atoms with Crippen molar-refractivity contribution in [2.45, 2.75) is 38.6 Å². The van der Waals surface area contributed by atoms with Gasteiger partial charge >= 0.3 is 0 Å². The Balaban J connectivity index is 1.77. The summed E-state index contributed by atoms with van der Waals surface area (Å²) in [5.41, 5.74) is 5.29. The second-order valence-electron chi connectivity index (χ2n) is 7.49. The molecule has 0 aliphatic rings. The lowest BCUT2D eigenvalue weighted by Gasteiger charge is -2.19. The second kappa shape index (κ2) is 8.71. The first kappa shape index (κ1) is 21.6. The van der Waals surface area contributed by atoms with Crippen molar-refractivity contribution in [2.75, 3.05) is 4.72 Å². The van der Waals surface area contributed by atoms with E-state index in [0.717, 1.165) is 11.1 Å². The molecule has 156 valence electrons. The Kier molecular flexibility index (Phi) is 6.27. The number of anilines is 1. The zero-order valence-corrected chi connectivity index (χ0v) is 18.4. The first-order valence-corrected chi connectivity index (χ1v) is 11.2. The maximum Gasteiger partial charge on any atom is 0.261 e. The summed E-state index contributed by atoms with van der Waals surface area (Å²) < 4.78 is 27.6.